The Balaban J connectivity index is 1.25. The number of ether oxygens (including phenoxy) is 1. The van der Waals surface area contributed by atoms with Crippen LogP contribution in [0.5, 0.6) is 0 Å². The molecule has 6 rings (SSSR count). The Hall–Kier alpha value is -3.84. The number of amides is 1. The summed E-state index contributed by atoms with van der Waals surface area (Å²) in [4.78, 5) is 20.3. The molecule has 3 heterocycles. The molecule has 0 saturated carbocycles. The zero-order valence-electron chi connectivity index (χ0n) is 19.0. The molecule has 0 aromatic heterocycles. The van der Waals surface area contributed by atoms with Gasteiger partial charge in [-0.15, -0.1) is 0 Å². The summed E-state index contributed by atoms with van der Waals surface area (Å²) >= 11 is 0. The maximum Gasteiger partial charge on any atom is 0.255 e. The number of hydrogen-bond acceptors (Lipinski definition) is 6. The number of nitrogens with one attached hydrogen (secondary N) is 1. The Bertz CT molecular complexity index is 1360. The van der Waals surface area contributed by atoms with E-state index in [1.54, 1.807) is 0 Å². The zero-order valence-corrected chi connectivity index (χ0v) is 19.0. The van der Waals surface area contributed by atoms with Gasteiger partial charge in [-0.3, -0.25) is 9.79 Å². The number of benzene rings is 3. The number of morpholine rings is 1. The van der Waals surface area contributed by atoms with Crippen molar-refractivity contribution in [3.63, 3.8) is 0 Å². The van der Waals surface area contributed by atoms with Gasteiger partial charge in [-0.1, -0.05) is 18.2 Å². The molecule has 7 nitrogen and oxygen atoms in total. The first-order chi connectivity index (χ1) is 16.7. The van der Waals surface area contributed by atoms with Crippen LogP contribution in [0.3, 0.4) is 0 Å². The molecular formula is C27H25N5O2. The number of aryl methyl sites for hydroxylation is 1. The fraction of sp³-hybridized carbons (Fsp3) is 0.259. The van der Waals surface area contributed by atoms with Crippen molar-refractivity contribution < 1.29 is 9.53 Å². The molecule has 1 N–H and O–H groups in total. The minimum Gasteiger partial charge on any atom is -0.378 e. The molecule has 0 unspecified atom stereocenters. The summed E-state index contributed by atoms with van der Waals surface area (Å²) in [7, 11) is 0. The molecule has 0 bridgehead atoms. The number of aliphatic imine (C=N–C) groups is 1. The monoisotopic (exact) mass is 451 g/mol. The molecule has 1 fully saturated rings. The Morgan fingerprint density at radius 3 is 2.76 bits per heavy atom. The lowest BCUT2D eigenvalue weighted by Crippen LogP contribution is -2.36. The lowest BCUT2D eigenvalue weighted by molar-refractivity contribution is 0.102. The minimum atomic E-state index is -0.127. The van der Waals surface area contributed by atoms with E-state index >= 15 is 0 Å². The lowest BCUT2D eigenvalue weighted by Gasteiger charge is -2.29. The molecule has 0 spiro atoms. The van der Waals surface area contributed by atoms with Gasteiger partial charge in [0.05, 0.1) is 37.7 Å². The maximum absolute atomic E-state index is 13.1. The van der Waals surface area contributed by atoms with Gasteiger partial charge >= 0.3 is 0 Å². The van der Waals surface area contributed by atoms with Gasteiger partial charge < -0.3 is 15.0 Å². The number of hydrogen-bond donors (Lipinski definition) is 1. The highest BCUT2D eigenvalue weighted by atomic mass is 16.5. The van der Waals surface area contributed by atoms with E-state index in [0.717, 1.165) is 65.6 Å². The summed E-state index contributed by atoms with van der Waals surface area (Å²) in [5, 5.41) is 11.3. The van der Waals surface area contributed by atoms with Crippen molar-refractivity contribution in [1.29, 1.82) is 0 Å². The van der Waals surface area contributed by atoms with Crippen LogP contribution in [-0.2, 0) is 17.8 Å². The molecule has 1 saturated heterocycles. The number of rotatable bonds is 4. The smallest absolute Gasteiger partial charge is 0.255 e. The average Bonchev–Trinajstić information content (AvgIpc) is 3.50. The SMILES string of the molecule is Cc1cc2c(cc1C(=O)Nc1ccc3c(c1)C(c1cccc(N4CCOCC4)c1)=NC3)CN=N2. The second-order valence-corrected chi connectivity index (χ2v) is 8.84. The third kappa shape index (κ3) is 3.78. The fourth-order valence-corrected chi connectivity index (χ4v) is 4.77. The van der Waals surface area contributed by atoms with Gasteiger partial charge in [-0.05, 0) is 54.4 Å². The van der Waals surface area contributed by atoms with Crippen LogP contribution in [0.4, 0.5) is 17.1 Å². The molecule has 0 atom stereocenters. The van der Waals surface area contributed by atoms with Crippen molar-refractivity contribution in [2.24, 2.45) is 15.2 Å². The minimum absolute atomic E-state index is 0.127. The molecule has 0 radical (unpaired) electrons. The van der Waals surface area contributed by atoms with E-state index in [1.165, 1.54) is 11.3 Å². The van der Waals surface area contributed by atoms with Crippen molar-refractivity contribution in [3.05, 3.63) is 88.0 Å². The molecule has 3 aliphatic heterocycles. The predicted molar refractivity (Wildman–Crippen MR) is 133 cm³/mol. The summed E-state index contributed by atoms with van der Waals surface area (Å²) < 4.78 is 5.49. The van der Waals surface area contributed by atoms with Gasteiger partial charge in [0.1, 0.15) is 0 Å². The van der Waals surface area contributed by atoms with Gasteiger partial charge in [-0.2, -0.15) is 10.2 Å². The first-order valence-electron chi connectivity index (χ1n) is 11.6. The molecule has 7 heteroatoms. The van der Waals surface area contributed by atoms with Gasteiger partial charge in [0.15, 0.2) is 0 Å². The van der Waals surface area contributed by atoms with Crippen LogP contribution in [0.25, 0.3) is 0 Å². The first-order valence-corrected chi connectivity index (χ1v) is 11.6. The average molecular weight is 452 g/mol. The quantitative estimate of drug-likeness (QED) is 0.604. The van der Waals surface area contributed by atoms with E-state index in [4.69, 9.17) is 9.73 Å². The van der Waals surface area contributed by atoms with Crippen molar-refractivity contribution in [2.45, 2.75) is 20.0 Å². The zero-order chi connectivity index (χ0) is 23.1. The second kappa shape index (κ2) is 8.50. The van der Waals surface area contributed by atoms with E-state index in [0.29, 0.717) is 18.7 Å². The molecule has 3 aliphatic rings. The second-order valence-electron chi connectivity index (χ2n) is 8.84. The standard InChI is InChI=1S/C27H25N5O2/c1-17-11-25-20(16-29-31-25)13-23(17)27(33)30-21-6-5-19-15-28-26(24(19)14-21)18-3-2-4-22(12-18)32-7-9-34-10-8-32/h2-6,11-14H,7-10,15-16H2,1H3,(H,30,33). The Morgan fingerprint density at radius 2 is 1.88 bits per heavy atom. The topological polar surface area (TPSA) is 78.7 Å². The van der Waals surface area contributed by atoms with Gasteiger partial charge in [0.25, 0.3) is 5.91 Å². The Morgan fingerprint density at radius 1 is 1.00 bits per heavy atom. The number of nitrogens with zero attached hydrogens (tertiary/aromatic N) is 4. The van der Waals surface area contributed by atoms with Gasteiger partial charge in [0, 0.05) is 46.7 Å². The van der Waals surface area contributed by atoms with Crippen molar-refractivity contribution in [3.8, 4) is 0 Å². The number of carbonyl (C=O) groups excluding carboxylic acids is 1. The van der Waals surface area contributed by atoms with E-state index in [9.17, 15) is 4.79 Å². The first kappa shape index (κ1) is 20.7. The number of azo groups is 1. The van der Waals surface area contributed by atoms with Crippen LogP contribution in [0.15, 0.2) is 69.8 Å². The summed E-state index contributed by atoms with van der Waals surface area (Å²) in [6.07, 6.45) is 0. The van der Waals surface area contributed by atoms with E-state index in [2.05, 4.69) is 50.8 Å². The molecule has 3 aromatic carbocycles. The van der Waals surface area contributed by atoms with Gasteiger partial charge in [-0.25, -0.2) is 0 Å². The molecule has 0 aliphatic carbocycles. The van der Waals surface area contributed by atoms with Crippen molar-refractivity contribution >= 4 is 28.7 Å². The predicted octanol–water partition coefficient (Wildman–Crippen LogP) is 5.03. The van der Waals surface area contributed by atoms with Crippen molar-refractivity contribution in [2.75, 3.05) is 36.5 Å². The van der Waals surface area contributed by atoms with E-state index in [1.807, 2.05) is 31.2 Å². The van der Waals surface area contributed by atoms with Gasteiger partial charge in [0.2, 0.25) is 0 Å². The van der Waals surface area contributed by atoms with Crippen LogP contribution in [0.2, 0.25) is 0 Å². The summed E-state index contributed by atoms with van der Waals surface area (Å²) in [6, 6.07) is 18.4. The molecule has 170 valence electrons. The van der Waals surface area contributed by atoms with E-state index in [-0.39, 0.29) is 5.91 Å². The maximum atomic E-state index is 13.1. The number of fused-ring (bicyclic) bond motifs is 2. The molecule has 1 amide bonds. The fourth-order valence-electron chi connectivity index (χ4n) is 4.77. The summed E-state index contributed by atoms with van der Waals surface area (Å²) in [5.41, 5.74) is 9.63. The normalized spacial score (nSPS) is 16.3. The van der Waals surface area contributed by atoms with E-state index < -0.39 is 0 Å². The third-order valence-corrected chi connectivity index (χ3v) is 6.62. The summed E-state index contributed by atoms with van der Waals surface area (Å²) in [6.45, 7) is 6.40. The highest BCUT2D eigenvalue weighted by molar-refractivity contribution is 6.16. The van der Waals surface area contributed by atoms with Crippen molar-refractivity contribution in [1.82, 2.24) is 0 Å². The Labute approximate surface area is 198 Å². The lowest BCUT2D eigenvalue weighted by atomic mass is 9.98. The molecule has 34 heavy (non-hydrogen) atoms. The number of carbonyl (C=O) groups is 1. The van der Waals surface area contributed by atoms with Crippen LogP contribution in [0.1, 0.15) is 38.2 Å². The highest BCUT2D eigenvalue weighted by Crippen LogP contribution is 2.31. The van der Waals surface area contributed by atoms with Crippen LogP contribution in [0, 0.1) is 6.92 Å². The van der Waals surface area contributed by atoms with Crippen LogP contribution < -0.4 is 10.2 Å². The molecule has 3 aromatic rings. The highest BCUT2D eigenvalue weighted by Gasteiger charge is 2.21. The molecular weight excluding hydrogens is 426 g/mol. The number of anilines is 2. The largest absolute Gasteiger partial charge is 0.378 e. The van der Waals surface area contributed by atoms with Crippen LogP contribution in [-0.4, -0.2) is 37.9 Å². The summed E-state index contributed by atoms with van der Waals surface area (Å²) in [5.74, 6) is -0.127. The van der Waals surface area contributed by atoms with Crippen LogP contribution >= 0.6 is 0 Å². The third-order valence-electron chi connectivity index (χ3n) is 6.62. The Kier molecular flexibility index (Phi) is 5.19.